The van der Waals surface area contributed by atoms with E-state index in [9.17, 15) is 13.2 Å². The molecule has 128 valence electrons. The van der Waals surface area contributed by atoms with E-state index in [1.807, 2.05) is 24.3 Å². The Morgan fingerprint density at radius 1 is 1.00 bits per heavy atom. The molecule has 1 N–H and O–H groups in total. The van der Waals surface area contributed by atoms with Crippen molar-refractivity contribution in [1.29, 1.82) is 0 Å². The zero-order valence-corrected chi connectivity index (χ0v) is 15.5. The number of rotatable bonds is 3. The van der Waals surface area contributed by atoms with Crippen LogP contribution < -0.4 is 5.32 Å². The summed E-state index contributed by atoms with van der Waals surface area (Å²) in [7, 11) is -3.35. The number of benzene rings is 2. The number of carbonyl (C=O) groups is 1. The van der Waals surface area contributed by atoms with E-state index < -0.39 is 9.84 Å². The Labute approximate surface area is 143 Å². The maximum Gasteiger partial charge on any atom is 0.255 e. The van der Waals surface area contributed by atoms with Crippen LogP contribution >= 0.6 is 0 Å². The van der Waals surface area contributed by atoms with Gasteiger partial charge in [0.1, 0.15) is 0 Å². The number of hydrogen-bond acceptors (Lipinski definition) is 3. The molecule has 4 nitrogen and oxygen atoms in total. The van der Waals surface area contributed by atoms with Gasteiger partial charge >= 0.3 is 0 Å². The number of aryl methyl sites for hydroxylation is 1. The Kier molecular flexibility index (Phi) is 4.85. The molecule has 0 fully saturated rings. The summed E-state index contributed by atoms with van der Waals surface area (Å²) in [5.74, 6) is -0.318. The van der Waals surface area contributed by atoms with Crippen molar-refractivity contribution in [3.63, 3.8) is 0 Å². The van der Waals surface area contributed by atoms with Crippen molar-refractivity contribution < 1.29 is 13.2 Å². The minimum absolute atomic E-state index is 0.0446. The van der Waals surface area contributed by atoms with Gasteiger partial charge in [-0.3, -0.25) is 4.79 Å². The first-order valence-corrected chi connectivity index (χ1v) is 9.60. The predicted molar refractivity (Wildman–Crippen MR) is 97.4 cm³/mol. The number of anilines is 1. The number of carbonyl (C=O) groups excluding carboxylic acids is 1. The van der Waals surface area contributed by atoms with Crippen LogP contribution in [0, 0.1) is 6.92 Å². The van der Waals surface area contributed by atoms with Crippen molar-refractivity contribution in [2.24, 2.45) is 0 Å². The summed E-state index contributed by atoms with van der Waals surface area (Å²) in [5.41, 5.74) is 2.99. The van der Waals surface area contributed by atoms with Gasteiger partial charge in [0.25, 0.3) is 5.91 Å². The number of nitrogens with one attached hydrogen (secondary N) is 1. The van der Waals surface area contributed by atoms with Gasteiger partial charge in [0.05, 0.1) is 4.90 Å². The van der Waals surface area contributed by atoms with E-state index >= 15 is 0 Å². The maximum absolute atomic E-state index is 12.5. The second-order valence-corrected chi connectivity index (χ2v) is 9.05. The first kappa shape index (κ1) is 18.2. The topological polar surface area (TPSA) is 63.2 Å². The van der Waals surface area contributed by atoms with E-state index in [0.717, 1.165) is 11.8 Å². The third-order valence-corrected chi connectivity index (χ3v) is 5.00. The van der Waals surface area contributed by atoms with Crippen molar-refractivity contribution in [3.05, 3.63) is 59.2 Å². The molecule has 0 spiro atoms. The van der Waals surface area contributed by atoms with E-state index in [1.54, 1.807) is 13.0 Å². The summed E-state index contributed by atoms with van der Waals surface area (Å²) in [4.78, 5) is 12.6. The monoisotopic (exact) mass is 345 g/mol. The molecule has 2 aromatic carbocycles. The largest absolute Gasteiger partial charge is 0.322 e. The van der Waals surface area contributed by atoms with Gasteiger partial charge in [-0.25, -0.2) is 8.42 Å². The average molecular weight is 345 g/mol. The van der Waals surface area contributed by atoms with Gasteiger partial charge in [-0.15, -0.1) is 0 Å². The van der Waals surface area contributed by atoms with Crippen LogP contribution in [0.4, 0.5) is 5.69 Å². The Morgan fingerprint density at radius 2 is 1.58 bits per heavy atom. The lowest BCUT2D eigenvalue weighted by molar-refractivity contribution is 0.102. The second-order valence-electron chi connectivity index (χ2n) is 7.03. The standard InChI is InChI=1S/C19H23NO3S/c1-13-6-11-16(24(5,22)23)12-17(13)18(21)20-15-9-7-14(8-10-15)19(2,3)4/h6-12H,1-5H3,(H,20,21). The van der Waals surface area contributed by atoms with Gasteiger partial charge in [0.2, 0.25) is 0 Å². The molecule has 1 amide bonds. The van der Waals surface area contributed by atoms with Crippen molar-refractivity contribution in [2.45, 2.75) is 38.0 Å². The lowest BCUT2D eigenvalue weighted by Crippen LogP contribution is -2.15. The van der Waals surface area contributed by atoms with Crippen LogP contribution in [0.1, 0.15) is 42.3 Å². The molecule has 0 bridgehead atoms. The summed E-state index contributed by atoms with van der Waals surface area (Å²) >= 11 is 0. The van der Waals surface area contributed by atoms with E-state index in [1.165, 1.54) is 17.7 Å². The van der Waals surface area contributed by atoms with Gasteiger partial charge in [-0.05, 0) is 47.7 Å². The summed E-state index contributed by atoms with van der Waals surface area (Å²) in [6.45, 7) is 8.16. The summed E-state index contributed by atoms with van der Waals surface area (Å²) < 4.78 is 23.4. The highest BCUT2D eigenvalue weighted by Crippen LogP contribution is 2.24. The minimum atomic E-state index is -3.35. The molecule has 0 heterocycles. The fourth-order valence-electron chi connectivity index (χ4n) is 2.33. The summed E-state index contributed by atoms with van der Waals surface area (Å²) in [6, 6.07) is 12.3. The van der Waals surface area contributed by atoms with Crippen LogP contribution in [0.25, 0.3) is 0 Å². The molecule has 24 heavy (non-hydrogen) atoms. The molecular formula is C19H23NO3S. The maximum atomic E-state index is 12.5. The van der Waals surface area contributed by atoms with Crippen LogP contribution in [0.3, 0.4) is 0 Å². The van der Waals surface area contributed by atoms with Gasteiger partial charge in [-0.1, -0.05) is 39.0 Å². The first-order chi connectivity index (χ1) is 11.0. The molecule has 0 unspecified atom stereocenters. The molecule has 0 aliphatic heterocycles. The van der Waals surface area contributed by atoms with E-state index in [0.29, 0.717) is 11.3 Å². The Morgan fingerprint density at radius 3 is 2.08 bits per heavy atom. The SMILES string of the molecule is Cc1ccc(S(C)(=O)=O)cc1C(=O)Nc1ccc(C(C)(C)C)cc1. The van der Waals surface area contributed by atoms with E-state index in [-0.39, 0.29) is 16.2 Å². The second kappa shape index (κ2) is 6.40. The van der Waals surface area contributed by atoms with Gasteiger partial charge < -0.3 is 5.32 Å². The summed E-state index contributed by atoms with van der Waals surface area (Å²) in [6.07, 6.45) is 1.13. The smallest absolute Gasteiger partial charge is 0.255 e. The first-order valence-electron chi connectivity index (χ1n) is 7.71. The van der Waals surface area contributed by atoms with Crippen LogP contribution in [-0.4, -0.2) is 20.6 Å². The molecule has 0 saturated carbocycles. The molecular weight excluding hydrogens is 322 g/mol. The van der Waals surface area contributed by atoms with Crippen molar-refractivity contribution >= 4 is 21.4 Å². The zero-order chi connectivity index (χ0) is 18.1. The summed E-state index contributed by atoms with van der Waals surface area (Å²) in [5, 5.41) is 2.82. The van der Waals surface area contributed by atoms with Crippen LogP contribution in [-0.2, 0) is 15.3 Å². The van der Waals surface area contributed by atoms with Gasteiger partial charge in [0.15, 0.2) is 9.84 Å². The number of amides is 1. The lowest BCUT2D eigenvalue weighted by atomic mass is 9.87. The van der Waals surface area contributed by atoms with Crippen molar-refractivity contribution in [2.75, 3.05) is 11.6 Å². The normalized spacial score (nSPS) is 12.0. The van der Waals surface area contributed by atoms with Crippen LogP contribution in [0.15, 0.2) is 47.4 Å². The lowest BCUT2D eigenvalue weighted by Gasteiger charge is -2.19. The fraction of sp³-hybridized carbons (Fsp3) is 0.316. The van der Waals surface area contributed by atoms with Gasteiger partial charge in [-0.2, -0.15) is 0 Å². The molecule has 5 heteroatoms. The molecule has 0 aromatic heterocycles. The highest BCUT2D eigenvalue weighted by atomic mass is 32.2. The third kappa shape index (κ3) is 4.23. The molecule has 0 saturated heterocycles. The third-order valence-electron chi connectivity index (χ3n) is 3.89. The zero-order valence-electron chi connectivity index (χ0n) is 14.7. The molecule has 0 atom stereocenters. The van der Waals surface area contributed by atoms with E-state index in [2.05, 4.69) is 26.1 Å². The van der Waals surface area contributed by atoms with Crippen LogP contribution in [0.5, 0.6) is 0 Å². The quantitative estimate of drug-likeness (QED) is 0.916. The van der Waals surface area contributed by atoms with Crippen molar-refractivity contribution in [1.82, 2.24) is 0 Å². The van der Waals surface area contributed by atoms with Crippen LogP contribution in [0.2, 0.25) is 0 Å². The van der Waals surface area contributed by atoms with E-state index in [4.69, 9.17) is 0 Å². The van der Waals surface area contributed by atoms with Crippen molar-refractivity contribution in [3.8, 4) is 0 Å². The molecule has 2 aromatic rings. The molecule has 0 aliphatic carbocycles. The molecule has 0 radical (unpaired) electrons. The number of hydrogen-bond donors (Lipinski definition) is 1. The highest BCUT2D eigenvalue weighted by Gasteiger charge is 2.16. The predicted octanol–water partition coefficient (Wildman–Crippen LogP) is 3.95. The molecule has 0 aliphatic rings. The fourth-order valence-corrected chi connectivity index (χ4v) is 2.98. The van der Waals surface area contributed by atoms with Gasteiger partial charge in [0, 0.05) is 17.5 Å². The average Bonchev–Trinajstić information content (AvgIpc) is 2.46. The number of sulfone groups is 1. The Bertz CT molecular complexity index is 860. The molecule has 2 rings (SSSR count). The highest BCUT2D eigenvalue weighted by molar-refractivity contribution is 7.90. The Balaban J connectivity index is 2.27. The minimum Gasteiger partial charge on any atom is -0.322 e. The Hall–Kier alpha value is -2.14.